The lowest BCUT2D eigenvalue weighted by atomic mass is 10.2. The smallest absolute Gasteiger partial charge is 0.408 e. The summed E-state index contributed by atoms with van der Waals surface area (Å²) in [6.07, 6.45) is 4.06. The summed E-state index contributed by atoms with van der Waals surface area (Å²) in [4.78, 5) is 31.9. The molecule has 2 N–H and O–H groups in total. The number of hydrogen-bond acceptors (Lipinski definition) is 6. The average Bonchev–Trinajstić information content (AvgIpc) is 2.52. The van der Waals surface area contributed by atoms with E-state index in [2.05, 4.69) is 25.8 Å². The number of aromatic nitrogens is 2. The molecule has 1 atom stereocenters. The number of amides is 2. The van der Waals surface area contributed by atoms with E-state index in [1.807, 2.05) is 12.1 Å². The maximum Gasteiger partial charge on any atom is 0.408 e. The largest absolute Gasteiger partial charge is 0.444 e. The minimum Gasteiger partial charge on any atom is -0.444 e. The van der Waals surface area contributed by atoms with Crippen molar-refractivity contribution in [2.75, 3.05) is 0 Å². The van der Waals surface area contributed by atoms with Crippen molar-refractivity contribution in [3.63, 3.8) is 0 Å². The lowest BCUT2D eigenvalue weighted by Crippen LogP contribution is -2.45. The van der Waals surface area contributed by atoms with Crippen molar-refractivity contribution < 1.29 is 14.3 Å². The van der Waals surface area contributed by atoms with Crippen molar-refractivity contribution in [1.29, 1.82) is 0 Å². The second-order valence-electron chi connectivity index (χ2n) is 6.41. The van der Waals surface area contributed by atoms with Crippen LogP contribution < -0.4 is 10.7 Å². The number of fused-ring (bicyclic) bond motifs is 1. The van der Waals surface area contributed by atoms with Gasteiger partial charge in [-0.2, -0.15) is 5.10 Å². The molecule has 2 rings (SSSR count). The van der Waals surface area contributed by atoms with E-state index in [1.54, 1.807) is 46.2 Å². The second kappa shape index (κ2) is 7.69. The Morgan fingerprint density at radius 1 is 1.20 bits per heavy atom. The van der Waals surface area contributed by atoms with Crippen LogP contribution in [0.15, 0.2) is 35.7 Å². The summed E-state index contributed by atoms with van der Waals surface area (Å²) in [7, 11) is 0. The summed E-state index contributed by atoms with van der Waals surface area (Å²) in [6, 6.07) is 4.66. The van der Waals surface area contributed by atoms with Gasteiger partial charge in [-0.15, -0.1) is 0 Å². The van der Waals surface area contributed by atoms with Crippen LogP contribution in [0.3, 0.4) is 0 Å². The van der Waals surface area contributed by atoms with Crippen LogP contribution >= 0.6 is 0 Å². The van der Waals surface area contributed by atoms with Gasteiger partial charge in [-0.25, -0.2) is 10.2 Å². The SMILES string of the molecule is C[C@H](NC(=O)OC(C)(C)C)C(=O)N/N=C\c1ccc2nccnc2c1. The Morgan fingerprint density at radius 3 is 2.56 bits per heavy atom. The van der Waals surface area contributed by atoms with Crippen LogP contribution in [-0.4, -0.2) is 39.8 Å². The predicted octanol–water partition coefficient (Wildman–Crippen LogP) is 1.99. The van der Waals surface area contributed by atoms with Gasteiger partial charge in [0.2, 0.25) is 0 Å². The third-order valence-electron chi connectivity index (χ3n) is 3.01. The molecule has 25 heavy (non-hydrogen) atoms. The number of hydrazone groups is 1. The van der Waals surface area contributed by atoms with Crippen molar-refractivity contribution in [1.82, 2.24) is 20.7 Å². The molecule has 2 aromatic rings. The Balaban J connectivity index is 1.89. The van der Waals surface area contributed by atoms with Crippen LogP contribution in [-0.2, 0) is 9.53 Å². The third kappa shape index (κ3) is 5.83. The summed E-state index contributed by atoms with van der Waals surface area (Å²) >= 11 is 0. The molecule has 0 radical (unpaired) electrons. The molecule has 8 nitrogen and oxygen atoms in total. The predicted molar refractivity (Wildman–Crippen MR) is 94.1 cm³/mol. The zero-order chi connectivity index (χ0) is 18.4. The number of nitrogens with zero attached hydrogens (tertiary/aromatic N) is 3. The van der Waals surface area contributed by atoms with Crippen LogP contribution in [0.2, 0.25) is 0 Å². The Hall–Kier alpha value is -3.03. The van der Waals surface area contributed by atoms with Gasteiger partial charge in [0, 0.05) is 12.4 Å². The van der Waals surface area contributed by atoms with Gasteiger partial charge < -0.3 is 10.1 Å². The van der Waals surface area contributed by atoms with Crippen molar-refractivity contribution in [2.45, 2.75) is 39.3 Å². The van der Waals surface area contributed by atoms with Crippen LogP contribution in [0.5, 0.6) is 0 Å². The van der Waals surface area contributed by atoms with Gasteiger partial charge in [-0.1, -0.05) is 6.07 Å². The fraction of sp³-hybridized carbons (Fsp3) is 0.353. The lowest BCUT2D eigenvalue weighted by molar-refractivity contribution is -0.122. The molecule has 2 amide bonds. The van der Waals surface area contributed by atoms with Gasteiger partial charge in [0.15, 0.2) is 0 Å². The van der Waals surface area contributed by atoms with Gasteiger partial charge in [0.05, 0.1) is 17.2 Å². The number of nitrogens with one attached hydrogen (secondary N) is 2. The lowest BCUT2D eigenvalue weighted by Gasteiger charge is -2.21. The maximum absolute atomic E-state index is 11.9. The molecular formula is C17H21N5O3. The van der Waals surface area contributed by atoms with E-state index < -0.39 is 23.6 Å². The molecule has 8 heteroatoms. The summed E-state index contributed by atoms with van der Waals surface area (Å²) in [6.45, 7) is 6.78. The molecule has 0 aliphatic carbocycles. The van der Waals surface area contributed by atoms with Crippen LogP contribution in [0.1, 0.15) is 33.3 Å². The van der Waals surface area contributed by atoms with Gasteiger partial charge in [-0.3, -0.25) is 14.8 Å². The summed E-state index contributed by atoms with van der Waals surface area (Å²) in [5.41, 5.74) is 4.02. The Bertz CT molecular complexity index is 798. The highest BCUT2D eigenvalue weighted by Crippen LogP contribution is 2.09. The number of carbonyl (C=O) groups is 2. The second-order valence-corrected chi connectivity index (χ2v) is 6.41. The van der Waals surface area contributed by atoms with Crippen LogP contribution in [0, 0.1) is 0 Å². The Labute approximate surface area is 145 Å². The monoisotopic (exact) mass is 343 g/mol. The average molecular weight is 343 g/mol. The molecule has 0 fully saturated rings. The Kier molecular flexibility index (Phi) is 5.63. The van der Waals surface area contributed by atoms with Crippen molar-refractivity contribution in [2.24, 2.45) is 5.10 Å². The van der Waals surface area contributed by atoms with E-state index >= 15 is 0 Å². The fourth-order valence-corrected chi connectivity index (χ4v) is 1.88. The third-order valence-corrected chi connectivity index (χ3v) is 3.01. The molecule has 0 saturated heterocycles. The van der Waals surface area contributed by atoms with E-state index in [0.29, 0.717) is 0 Å². The molecule has 0 aliphatic rings. The first-order chi connectivity index (χ1) is 11.7. The molecule has 0 unspecified atom stereocenters. The van der Waals surface area contributed by atoms with Crippen molar-refractivity contribution >= 4 is 29.2 Å². The van der Waals surface area contributed by atoms with Crippen molar-refractivity contribution in [3.8, 4) is 0 Å². The van der Waals surface area contributed by atoms with E-state index in [4.69, 9.17) is 4.74 Å². The number of alkyl carbamates (subject to hydrolysis) is 1. The number of benzene rings is 1. The molecular weight excluding hydrogens is 322 g/mol. The first-order valence-corrected chi connectivity index (χ1v) is 7.78. The van der Waals surface area contributed by atoms with Crippen LogP contribution in [0.4, 0.5) is 4.79 Å². The molecule has 0 aliphatic heterocycles. The minimum absolute atomic E-state index is 0.456. The molecule has 0 spiro atoms. The zero-order valence-electron chi connectivity index (χ0n) is 14.6. The quantitative estimate of drug-likeness (QED) is 0.652. The fourth-order valence-electron chi connectivity index (χ4n) is 1.88. The van der Waals surface area contributed by atoms with Gasteiger partial charge in [-0.05, 0) is 45.4 Å². The highest BCUT2D eigenvalue weighted by atomic mass is 16.6. The topological polar surface area (TPSA) is 106 Å². The number of hydrogen-bond donors (Lipinski definition) is 2. The van der Waals surface area contributed by atoms with Crippen molar-refractivity contribution in [3.05, 3.63) is 36.2 Å². The standard InChI is InChI=1S/C17H21N5O3/c1-11(21-16(24)25-17(2,3)4)15(23)22-20-10-12-5-6-13-14(9-12)19-8-7-18-13/h5-11H,1-4H3,(H,21,24)(H,22,23)/b20-10-/t11-/m0/s1. The normalized spacial score (nSPS) is 12.8. The molecule has 1 heterocycles. The summed E-state index contributed by atoms with van der Waals surface area (Å²) in [5.74, 6) is -0.456. The first kappa shape index (κ1) is 18.3. The Morgan fingerprint density at radius 2 is 1.88 bits per heavy atom. The molecule has 132 valence electrons. The van der Waals surface area contributed by atoms with E-state index in [0.717, 1.165) is 16.6 Å². The highest BCUT2D eigenvalue weighted by molar-refractivity contribution is 5.89. The molecule has 0 bridgehead atoms. The molecule has 1 aromatic heterocycles. The van der Waals surface area contributed by atoms with Gasteiger partial charge in [0.25, 0.3) is 5.91 Å². The zero-order valence-corrected chi connectivity index (χ0v) is 14.6. The van der Waals surface area contributed by atoms with E-state index in [-0.39, 0.29) is 0 Å². The number of carbonyl (C=O) groups excluding carboxylic acids is 2. The number of ether oxygens (including phenoxy) is 1. The van der Waals surface area contributed by atoms with E-state index in [1.165, 1.54) is 6.21 Å². The number of rotatable bonds is 4. The van der Waals surface area contributed by atoms with E-state index in [9.17, 15) is 9.59 Å². The van der Waals surface area contributed by atoms with Crippen LogP contribution in [0.25, 0.3) is 11.0 Å². The first-order valence-electron chi connectivity index (χ1n) is 7.78. The molecule has 0 saturated carbocycles. The minimum atomic E-state index is -0.783. The molecule has 1 aromatic carbocycles. The summed E-state index contributed by atoms with van der Waals surface area (Å²) in [5, 5.41) is 6.33. The summed E-state index contributed by atoms with van der Waals surface area (Å²) < 4.78 is 5.09. The highest BCUT2D eigenvalue weighted by Gasteiger charge is 2.20. The van der Waals surface area contributed by atoms with Gasteiger partial charge >= 0.3 is 6.09 Å². The maximum atomic E-state index is 11.9. The van der Waals surface area contributed by atoms with Gasteiger partial charge in [0.1, 0.15) is 11.6 Å².